The average molecular weight is 433 g/mol. The molecule has 4 aromatic heterocycles. The first-order valence-electron chi connectivity index (χ1n) is 11.2. The molecule has 0 unspecified atom stereocenters. The second-order valence-electron chi connectivity index (χ2n) is 8.67. The lowest BCUT2D eigenvalue weighted by atomic mass is 9.84. The fourth-order valence-corrected chi connectivity index (χ4v) is 4.96. The van der Waals surface area contributed by atoms with E-state index >= 15 is 0 Å². The molecule has 0 radical (unpaired) electrons. The topological polar surface area (TPSA) is 106 Å². The predicted octanol–water partition coefficient (Wildman–Crippen LogP) is 3.65. The van der Waals surface area contributed by atoms with Gasteiger partial charge in [0, 0.05) is 37.4 Å². The van der Waals surface area contributed by atoms with Crippen molar-refractivity contribution in [3.05, 3.63) is 36.7 Å². The van der Waals surface area contributed by atoms with E-state index in [1.807, 2.05) is 19.3 Å². The fourth-order valence-electron chi connectivity index (χ4n) is 4.96. The summed E-state index contributed by atoms with van der Waals surface area (Å²) in [5.41, 5.74) is 3.43. The van der Waals surface area contributed by atoms with E-state index in [2.05, 4.69) is 36.7 Å². The molecule has 5 rings (SSSR count). The first kappa shape index (κ1) is 20.4. The summed E-state index contributed by atoms with van der Waals surface area (Å²) in [7, 11) is 1.83. The molecule has 4 aromatic rings. The summed E-state index contributed by atoms with van der Waals surface area (Å²) in [5.74, 6) is 1.38. The summed E-state index contributed by atoms with van der Waals surface area (Å²) < 4.78 is 3.97. The van der Waals surface area contributed by atoms with E-state index in [1.165, 1.54) is 0 Å². The van der Waals surface area contributed by atoms with Gasteiger partial charge in [-0.1, -0.05) is 0 Å². The van der Waals surface area contributed by atoms with E-state index < -0.39 is 0 Å². The highest BCUT2D eigenvalue weighted by Crippen LogP contribution is 2.38. The van der Waals surface area contributed by atoms with Gasteiger partial charge in [0.05, 0.1) is 30.0 Å². The lowest BCUT2D eigenvalue weighted by molar-refractivity contribution is -0.115. The number of aliphatic imine (C=N–C) groups is 1. The van der Waals surface area contributed by atoms with Crippen LogP contribution in [0.5, 0.6) is 0 Å². The number of nitrogens with zero attached hydrogens (tertiary/aromatic N) is 6. The van der Waals surface area contributed by atoms with Crippen molar-refractivity contribution in [1.82, 2.24) is 29.3 Å². The third kappa shape index (κ3) is 3.90. The highest BCUT2D eigenvalue weighted by Gasteiger charge is 2.27. The average Bonchev–Trinajstić information content (AvgIpc) is 3.50. The SMILES string of the molecule is C=NCC[C@H]1CC[C@H](n2c(CC(=O)Nc3cnn(C)c3)nc3cnc4[nH]ccc4c32)CC1. The molecule has 4 heterocycles. The molecule has 1 fully saturated rings. The molecule has 9 heteroatoms. The minimum atomic E-state index is -0.0985. The monoisotopic (exact) mass is 432 g/mol. The number of aromatic amines is 1. The van der Waals surface area contributed by atoms with Gasteiger partial charge >= 0.3 is 0 Å². The second kappa shape index (κ2) is 8.57. The van der Waals surface area contributed by atoms with Crippen molar-refractivity contribution in [3.8, 4) is 0 Å². The van der Waals surface area contributed by atoms with Crippen LogP contribution in [0, 0.1) is 5.92 Å². The van der Waals surface area contributed by atoms with Crippen LogP contribution in [0.3, 0.4) is 0 Å². The zero-order valence-electron chi connectivity index (χ0n) is 18.3. The molecule has 0 spiro atoms. The number of rotatable bonds is 7. The van der Waals surface area contributed by atoms with Crippen LogP contribution in [-0.4, -0.2) is 48.5 Å². The van der Waals surface area contributed by atoms with E-state index in [9.17, 15) is 4.79 Å². The van der Waals surface area contributed by atoms with Gasteiger partial charge in [-0.3, -0.25) is 9.48 Å². The largest absolute Gasteiger partial charge is 0.346 e. The Morgan fingerprint density at radius 1 is 1.31 bits per heavy atom. The Balaban J connectivity index is 1.47. The molecule has 32 heavy (non-hydrogen) atoms. The van der Waals surface area contributed by atoms with E-state index in [0.29, 0.717) is 17.6 Å². The summed E-state index contributed by atoms with van der Waals surface area (Å²) in [6.45, 7) is 4.45. The van der Waals surface area contributed by atoms with Crippen LogP contribution in [-0.2, 0) is 18.3 Å². The molecule has 1 aliphatic carbocycles. The van der Waals surface area contributed by atoms with Crippen molar-refractivity contribution in [1.29, 1.82) is 0 Å². The van der Waals surface area contributed by atoms with Crippen molar-refractivity contribution in [3.63, 3.8) is 0 Å². The quantitative estimate of drug-likeness (QED) is 0.435. The number of pyridine rings is 1. The fraction of sp³-hybridized carbons (Fsp3) is 0.435. The third-order valence-corrected chi connectivity index (χ3v) is 6.49. The van der Waals surface area contributed by atoms with Crippen molar-refractivity contribution in [2.75, 3.05) is 11.9 Å². The molecule has 0 atom stereocenters. The van der Waals surface area contributed by atoms with E-state index in [4.69, 9.17) is 4.98 Å². The summed E-state index contributed by atoms with van der Waals surface area (Å²) in [6.07, 6.45) is 12.9. The van der Waals surface area contributed by atoms with E-state index in [-0.39, 0.29) is 12.3 Å². The number of aryl methyl sites for hydroxylation is 1. The van der Waals surface area contributed by atoms with Crippen LogP contribution in [0.25, 0.3) is 22.1 Å². The van der Waals surface area contributed by atoms with Gasteiger partial charge in [0.25, 0.3) is 0 Å². The molecular formula is C23H28N8O. The van der Waals surface area contributed by atoms with Crippen molar-refractivity contribution in [2.24, 2.45) is 18.0 Å². The first-order chi connectivity index (χ1) is 15.6. The lowest BCUT2D eigenvalue weighted by Gasteiger charge is -2.30. The summed E-state index contributed by atoms with van der Waals surface area (Å²) in [6, 6.07) is 2.36. The summed E-state index contributed by atoms with van der Waals surface area (Å²) in [5, 5.41) is 8.10. The van der Waals surface area contributed by atoms with Crippen LogP contribution in [0.4, 0.5) is 5.69 Å². The number of hydrogen-bond acceptors (Lipinski definition) is 5. The van der Waals surface area contributed by atoms with Gasteiger partial charge in [0.15, 0.2) is 0 Å². The summed E-state index contributed by atoms with van der Waals surface area (Å²) in [4.78, 5) is 29.4. The molecule has 1 saturated carbocycles. The maximum Gasteiger partial charge on any atom is 0.232 e. The third-order valence-electron chi connectivity index (χ3n) is 6.49. The van der Waals surface area contributed by atoms with Gasteiger partial charge in [-0.2, -0.15) is 5.10 Å². The molecule has 0 bridgehead atoms. The number of anilines is 1. The van der Waals surface area contributed by atoms with Crippen molar-refractivity contribution in [2.45, 2.75) is 44.6 Å². The van der Waals surface area contributed by atoms with Crippen molar-refractivity contribution >= 4 is 40.4 Å². The van der Waals surface area contributed by atoms with Crippen LogP contribution in [0.1, 0.15) is 44.0 Å². The highest BCUT2D eigenvalue weighted by atomic mass is 16.1. The standard InChI is InChI=1S/C23H28N8O/c1-24-9-7-15-3-5-17(6-4-15)31-20(11-21(32)28-16-12-27-30(2)14-16)29-19-13-26-23-18(22(19)31)8-10-25-23/h8,10,12-15,17H,1,3-7,9,11H2,2H3,(H,25,26)(H,28,32)/t15-,17-. The Morgan fingerprint density at radius 3 is 2.91 bits per heavy atom. The molecule has 0 saturated heterocycles. The number of H-pyrrole nitrogens is 1. The predicted molar refractivity (Wildman–Crippen MR) is 125 cm³/mol. The minimum absolute atomic E-state index is 0.0985. The molecule has 0 aromatic carbocycles. The number of fused-ring (bicyclic) bond motifs is 3. The number of nitrogens with one attached hydrogen (secondary N) is 2. The Bertz CT molecular complexity index is 1260. The normalized spacial score (nSPS) is 18.9. The number of amides is 1. The second-order valence-corrected chi connectivity index (χ2v) is 8.67. The Morgan fingerprint density at radius 2 is 2.16 bits per heavy atom. The summed E-state index contributed by atoms with van der Waals surface area (Å²) >= 11 is 0. The van der Waals surface area contributed by atoms with Crippen LogP contribution in [0.15, 0.2) is 35.8 Å². The highest BCUT2D eigenvalue weighted by molar-refractivity contribution is 6.02. The lowest BCUT2D eigenvalue weighted by Crippen LogP contribution is -2.23. The zero-order valence-corrected chi connectivity index (χ0v) is 18.3. The van der Waals surface area contributed by atoms with E-state index in [1.54, 1.807) is 23.3 Å². The van der Waals surface area contributed by atoms with Gasteiger partial charge in [0.2, 0.25) is 5.91 Å². The van der Waals surface area contributed by atoms with Crippen LogP contribution >= 0.6 is 0 Å². The molecule has 0 aliphatic heterocycles. The maximum atomic E-state index is 12.8. The minimum Gasteiger partial charge on any atom is -0.346 e. The number of carbonyl (C=O) groups is 1. The van der Waals surface area contributed by atoms with Gasteiger partial charge < -0.3 is 19.9 Å². The van der Waals surface area contributed by atoms with Crippen LogP contribution in [0.2, 0.25) is 0 Å². The number of imidazole rings is 1. The van der Waals surface area contributed by atoms with Gasteiger partial charge in [0.1, 0.15) is 17.0 Å². The molecule has 2 N–H and O–H groups in total. The zero-order chi connectivity index (χ0) is 22.1. The number of carbonyl (C=O) groups excluding carboxylic acids is 1. The molecule has 166 valence electrons. The van der Waals surface area contributed by atoms with Crippen LogP contribution < -0.4 is 5.32 Å². The van der Waals surface area contributed by atoms with Gasteiger partial charge in [-0.05, 0) is 50.8 Å². The number of hydrogen-bond donors (Lipinski definition) is 2. The first-order valence-corrected chi connectivity index (χ1v) is 11.2. The molecular weight excluding hydrogens is 404 g/mol. The van der Waals surface area contributed by atoms with E-state index in [0.717, 1.165) is 66.5 Å². The maximum absolute atomic E-state index is 12.8. The van der Waals surface area contributed by atoms with Gasteiger partial charge in [-0.15, -0.1) is 0 Å². The molecule has 1 amide bonds. The molecule has 1 aliphatic rings. The number of aromatic nitrogens is 6. The Labute approximate surface area is 186 Å². The van der Waals surface area contributed by atoms with Gasteiger partial charge in [-0.25, -0.2) is 9.97 Å². The van der Waals surface area contributed by atoms with Crippen molar-refractivity contribution < 1.29 is 4.79 Å². The Kier molecular flexibility index (Phi) is 5.46. The Hall–Kier alpha value is -3.49. The smallest absolute Gasteiger partial charge is 0.232 e. The molecule has 9 nitrogen and oxygen atoms in total.